The molecular formula is C15H8ClFN2O3S. The number of carbonyl (C=O) groups excluding carboxylic acids is 3. The van der Waals surface area contributed by atoms with E-state index in [0.717, 1.165) is 17.0 Å². The third-order valence-electron chi connectivity index (χ3n) is 3.07. The Bertz CT molecular complexity index is 845. The lowest BCUT2D eigenvalue weighted by atomic mass is 10.1. The minimum atomic E-state index is -0.882. The van der Waals surface area contributed by atoms with Gasteiger partial charge in [-0.2, -0.15) is 0 Å². The summed E-state index contributed by atoms with van der Waals surface area (Å²) in [7, 11) is 0. The lowest BCUT2D eigenvalue weighted by Crippen LogP contribution is -2.54. The maximum atomic E-state index is 13.0. The molecule has 1 aliphatic heterocycles. The first-order valence-corrected chi connectivity index (χ1v) is 7.57. The number of halogens is 2. The van der Waals surface area contributed by atoms with Gasteiger partial charge >= 0.3 is 6.03 Å². The van der Waals surface area contributed by atoms with Gasteiger partial charge in [0.1, 0.15) is 11.4 Å². The van der Waals surface area contributed by atoms with Crippen LogP contribution in [0.25, 0.3) is 6.08 Å². The zero-order valence-electron chi connectivity index (χ0n) is 11.4. The Hall–Kier alpha value is -2.51. The molecular weight excluding hydrogens is 343 g/mol. The highest BCUT2D eigenvalue weighted by Crippen LogP contribution is 2.26. The van der Waals surface area contributed by atoms with E-state index in [1.165, 1.54) is 29.5 Å². The van der Waals surface area contributed by atoms with Crippen molar-refractivity contribution in [1.82, 2.24) is 5.32 Å². The lowest BCUT2D eigenvalue weighted by Gasteiger charge is -2.26. The SMILES string of the molecule is O=C1NC(=O)N(c2ccc(F)cc2)C(=O)/C1=C/c1ccc(Cl)s1. The van der Waals surface area contributed by atoms with E-state index in [-0.39, 0.29) is 11.3 Å². The Balaban J connectivity index is 2.00. The Morgan fingerprint density at radius 2 is 1.78 bits per heavy atom. The second kappa shape index (κ2) is 5.94. The number of amides is 4. The third-order valence-corrected chi connectivity index (χ3v) is 4.25. The number of thiophene rings is 1. The highest BCUT2D eigenvalue weighted by molar-refractivity contribution is 7.17. The molecule has 0 bridgehead atoms. The molecule has 1 aromatic heterocycles. The summed E-state index contributed by atoms with van der Waals surface area (Å²) in [6.07, 6.45) is 1.36. The number of imide groups is 2. The molecule has 4 amide bonds. The number of benzene rings is 1. The van der Waals surface area contributed by atoms with Crippen molar-refractivity contribution in [2.45, 2.75) is 0 Å². The third kappa shape index (κ3) is 3.01. The molecule has 0 spiro atoms. The molecule has 1 aromatic carbocycles. The Morgan fingerprint density at radius 3 is 2.39 bits per heavy atom. The molecule has 116 valence electrons. The van der Waals surface area contributed by atoms with Crippen LogP contribution in [0.3, 0.4) is 0 Å². The molecule has 23 heavy (non-hydrogen) atoms. The van der Waals surface area contributed by atoms with Crippen LogP contribution in [0.4, 0.5) is 14.9 Å². The fraction of sp³-hybridized carbons (Fsp3) is 0. The summed E-state index contributed by atoms with van der Waals surface area (Å²) >= 11 is 7.01. The Morgan fingerprint density at radius 1 is 1.09 bits per heavy atom. The standard InChI is InChI=1S/C15H8ClFN2O3S/c16-12-6-5-10(23-12)7-11-13(20)18-15(22)19(14(11)21)9-3-1-8(17)2-4-9/h1-7H,(H,18,20,22)/b11-7+. The van der Waals surface area contributed by atoms with Crippen LogP contribution in [0.5, 0.6) is 0 Å². The summed E-state index contributed by atoms with van der Waals surface area (Å²) in [5.74, 6) is -2.07. The minimum Gasteiger partial charge on any atom is -0.273 e. The predicted octanol–water partition coefficient (Wildman–Crippen LogP) is 3.21. The zero-order valence-corrected chi connectivity index (χ0v) is 13.0. The van der Waals surface area contributed by atoms with E-state index < -0.39 is 23.7 Å². The normalized spacial score (nSPS) is 16.9. The molecule has 0 atom stereocenters. The Kier molecular flexibility index (Phi) is 3.97. The van der Waals surface area contributed by atoms with Crippen molar-refractivity contribution in [3.05, 3.63) is 57.0 Å². The average Bonchev–Trinajstić information content (AvgIpc) is 2.91. The molecule has 0 unspecified atom stereocenters. The molecule has 1 aliphatic rings. The molecule has 1 fully saturated rings. The highest BCUT2D eigenvalue weighted by Gasteiger charge is 2.36. The predicted molar refractivity (Wildman–Crippen MR) is 84.7 cm³/mol. The molecule has 1 N–H and O–H groups in total. The van der Waals surface area contributed by atoms with E-state index in [0.29, 0.717) is 9.21 Å². The van der Waals surface area contributed by atoms with Crippen molar-refractivity contribution in [2.75, 3.05) is 4.90 Å². The molecule has 8 heteroatoms. The molecule has 3 rings (SSSR count). The van der Waals surface area contributed by atoms with Crippen molar-refractivity contribution in [2.24, 2.45) is 0 Å². The Labute approximate surface area is 139 Å². The monoisotopic (exact) mass is 350 g/mol. The van der Waals surface area contributed by atoms with Crippen LogP contribution >= 0.6 is 22.9 Å². The van der Waals surface area contributed by atoms with E-state index >= 15 is 0 Å². The van der Waals surface area contributed by atoms with Crippen molar-refractivity contribution in [1.29, 1.82) is 0 Å². The van der Waals surface area contributed by atoms with E-state index in [4.69, 9.17) is 11.6 Å². The summed E-state index contributed by atoms with van der Waals surface area (Å²) in [6, 6.07) is 7.20. The molecule has 0 aliphatic carbocycles. The van der Waals surface area contributed by atoms with Crippen molar-refractivity contribution in [3.63, 3.8) is 0 Å². The lowest BCUT2D eigenvalue weighted by molar-refractivity contribution is -0.122. The minimum absolute atomic E-state index is 0.163. The molecule has 1 saturated heterocycles. The summed E-state index contributed by atoms with van der Waals surface area (Å²) in [4.78, 5) is 37.7. The second-order valence-electron chi connectivity index (χ2n) is 4.58. The van der Waals surface area contributed by atoms with Crippen LogP contribution in [0.2, 0.25) is 4.34 Å². The number of rotatable bonds is 2. The van der Waals surface area contributed by atoms with Gasteiger partial charge in [0.05, 0.1) is 10.0 Å². The molecule has 2 aromatic rings. The van der Waals surface area contributed by atoms with Gasteiger partial charge in [0.15, 0.2) is 0 Å². The number of hydrogen-bond donors (Lipinski definition) is 1. The molecule has 0 saturated carbocycles. The van der Waals surface area contributed by atoms with Crippen LogP contribution in [-0.2, 0) is 9.59 Å². The molecule has 2 heterocycles. The van der Waals surface area contributed by atoms with Gasteiger partial charge in [-0.3, -0.25) is 14.9 Å². The van der Waals surface area contributed by atoms with Crippen LogP contribution in [-0.4, -0.2) is 17.8 Å². The van der Waals surface area contributed by atoms with Crippen LogP contribution in [0.1, 0.15) is 4.88 Å². The van der Waals surface area contributed by atoms with Crippen molar-refractivity contribution in [3.8, 4) is 0 Å². The average molecular weight is 351 g/mol. The second-order valence-corrected chi connectivity index (χ2v) is 6.32. The molecule has 0 radical (unpaired) electrons. The van der Waals surface area contributed by atoms with E-state index in [1.54, 1.807) is 12.1 Å². The highest BCUT2D eigenvalue weighted by atomic mass is 35.5. The number of urea groups is 1. The quantitative estimate of drug-likeness (QED) is 0.668. The van der Waals surface area contributed by atoms with Gasteiger partial charge in [0, 0.05) is 4.88 Å². The first-order valence-electron chi connectivity index (χ1n) is 6.38. The van der Waals surface area contributed by atoms with Crippen molar-refractivity contribution < 1.29 is 18.8 Å². The maximum Gasteiger partial charge on any atom is 0.335 e. The van der Waals surface area contributed by atoms with Crippen LogP contribution < -0.4 is 10.2 Å². The summed E-state index contributed by atoms with van der Waals surface area (Å²) in [6.45, 7) is 0. The number of hydrogen-bond acceptors (Lipinski definition) is 4. The smallest absolute Gasteiger partial charge is 0.273 e. The first kappa shape index (κ1) is 15.4. The number of nitrogens with one attached hydrogen (secondary N) is 1. The van der Waals surface area contributed by atoms with E-state index in [2.05, 4.69) is 5.32 Å². The van der Waals surface area contributed by atoms with E-state index in [1.807, 2.05) is 0 Å². The number of barbiturate groups is 1. The number of anilines is 1. The van der Waals surface area contributed by atoms with Gasteiger partial charge in [0.25, 0.3) is 11.8 Å². The summed E-state index contributed by atoms with van der Waals surface area (Å²) < 4.78 is 13.5. The van der Waals surface area contributed by atoms with Gasteiger partial charge in [-0.15, -0.1) is 11.3 Å². The number of nitrogens with zero attached hydrogens (tertiary/aromatic N) is 1. The fourth-order valence-corrected chi connectivity index (χ4v) is 3.03. The topological polar surface area (TPSA) is 66.5 Å². The van der Waals surface area contributed by atoms with Gasteiger partial charge in [-0.05, 0) is 42.5 Å². The van der Waals surface area contributed by atoms with Crippen LogP contribution in [0, 0.1) is 5.82 Å². The van der Waals surface area contributed by atoms with Gasteiger partial charge < -0.3 is 0 Å². The summed E-state index contributed by atoms with van der Waals surface area (Å²) in [5, 5.41) is 2.09. The molecule has 5 nitrogen and oxygen atoms in total. The van der Waals surface area contributed by atoms with Gasteiger partial charge in [0.2, 0.25) is 0 Å². The first-order chi connectivity index (χ1) is 11.0. The number of carbonyl (C=O) groups is 3. The van der Waals surface area contributed by atoms with Gasteiger partial charge in [-0.1, -0.05) is 11.6 Å². The largest absolute Gasteiger partial charge is 0.335 e. The summed E-state index contributed by atoms with van der Waals surface area (Å²) in [5.41, 5.74) is -0.0380. The fourth-order valence-electron chi connectivity index (χ4n) is 2.03. The van der Waals surface area contributed by atoms with E-state index in [9.17, 15) is 18.8 Å². The zero-order chi connectivity index (χ0) is 16.6. The van der Waals surface area contributed by atoms with Crippen molar-refractivity contribution >= 4 is 52.5 Å². The van der Waals surface area contributed by atoms with Crippen LogP contribution in [0.15, 0.2) is 42.0 Å². The van der Waals surface area contributed by atoms with Gasteiger partial charge in [-0.25, -0.2) is 14.1 Å². The maximum absolute atomic E-state index is 13.0.